The molecule has 114 valence electrons. The minimum absolute atomic E-state index is 0.0670. The molecule has 2 fully saturated rings. The van der Waals surface area contributed by atoms with Gasteiger partial charge >= 0.3 is 6.03 Å². The van der Waals surface area contributed by atoms with Crippen molar-refractivity contribution in [3.8, 4) is 0 Å². The highest BCUT2D eigenvalue weighted by Gasteiger charge is 2.30. The standard InChI is InChI=1S/C15H20N2O3S/c18-14(13-2-1-11-21-13)12-3-5-16(6-4-12)15(19)17-7-9-20-10-8-17/h1-2,11-12H,3-10H2. The molecule has 0 saturated carbocycles. The minimum atomic E-state index is 0.0670. The Hall–Kier alpha value is -1.40. The van der Waals surface area contributed by atoms with Crippen LogP contribution < -0.4 is 0 Å². The third kappa shape index (κ3) is 3.27. The number of amides is 2. The van der Waals surface area contributed by atoms with Crippen LogP contribution in [0.4, 0.5) is 4.79 Å². The molecular weight excluding hydrogens is 288 g/mol. The Morgan fingerprint density at radius 1 is 1.10 bits per heavy atom. The minimum Gasteiger partial charge on any atom is -0.378 e. The maximum Gasteiger partial charge on any atom is 0.320 e. The number of likely N-dealkylation sites (tertiary alicyclic amines) is 1. The van der Waals surface area contributed by atoms with Crippen LogP contribution in [0.1, 0.15) is 22.5 Å². The van der Waals surface area contributed by atoms with E-state index in [2.05, 4.69) is 0 Å². The Bertz CT molecular complexity index is 489. The van der Waals surface area contributed by atoms with Crippen molar-refractivity contribution in [3.05, 3.63) is 22.4 Å². The third-order valence-electron chi connectivity index (χ3n) is 4.18. The zero-order chi connectivity index (χ0) is 14.7. The summed E-state index contributed by atoms with van der Waals surface area (Å²) in [6.07, 6.45) is 1.54. The van der Waals surface area contributed by atoms with E-state index in [4.69, 9.17) is 4.74 Å². The molecule has 0 aliphatic carbocycles. The lowest BCUT2D eigenvalue weighted by atomic mass is 9.92. The number of thiophene rings is 1. The van der Waals surface area contributed by atoms with Crippen molar-refractivity contribution >= 4 is 23.2 Å². The van der Waals surface area contributed by atoms with E-state index in [9.17, 15) is 9.59 Å². The van der Waals surface area contributed by atoms with Gasteiger partial charge in [-0.3, -0.25) is 4.79 Å². The Morgan fingerprint density at radius 2 is 1.76 bits per heavy atom. The molecule has 21 heavy (non-hydrogen) atoms. The molecule has 0 unspecified atom stereocenters. The summed E-state index contributed by atoms with van der Waals surface area (Å²) >= 11 is 1.50. The van der Waals surface area contributed by atoms with E-state index in [0.717, 1.165) is 17.7 Å². The predicted octanol–water partition coefficient (Wildman–Crippen LogP) is 2.09. The molecular formula is C15H20N2O3S. The van der Waals surface area contributed by atoms with Gasteiger partial charge < -0.3 is 14.5 Å². The smallest absolute Gasteiger partial charge is 0.320 e. The lowest BCUT2D eigenvalue weighted by molar-refractivity contribution is 0.0397. The first-order valence-electron chi connectivity index (χ1n) is 7.45. The number of urea groups is 1. The number of hydrogen-bond donors (Lipinski definition) is 0. The molecule has 2 aliphatic heterocycles. The SMILES string of the molecule is O=C(c1cccs1)C1CCN(C(=O)N2CCOCC2)CC1. The van der Waals surface area contributed by atoms with Crippen LogP contribution in [-0.4, -0.2) is 61.0 Å². The van der Waals surface area contributed by atoms with Gasteiger partial charge in [0.05, 0.1) is 18.1 Å². The van der Waals surface area contributed by atoms with Crippen LogP contribution in [0.5, 0.6) is 0 Å². The van der Waals surface area contributed by atoms with Gasteiger partial charge in [-0.05, 0) is 24.3 Å². The van der Waals surface area contributed by atoms with Crippen LogP contribution in [0.25, 0.3) is 0 Å². The van der Waals surface area contributed by atoms with Gasteiger partial charge in [-0.2, -0.15) is 0 Å². The summed E-state index contributed by atoms with van der Waals surface area (Å²) in [4.78, 5) is 29.3. The number of ether oxygens (including phenoxy) is 1. The van der Waals surface area contributed by atoms with Gasteiger partial charge in [0, 0.05) is 32.1 Å². The molecule has 0 radical (unpaired) electrons. The summed E-state index contributed by atoms with van der Waals surface area (Å²) in [5, 5.41) is 1.93. The number of morpholine rings is 1. The van der Waals surface area contributed by atoms with Crippen molar-refractivity contribution in [3.63, 3.8) is 0 Å². The molecule has 6 heteroatoms. The summed E-state index contributed by atoms with van der Waals surface area (Å²) < 4.78 is 5.27. The fourth-order valence-electron chi connectivity index (χ4n) is 2.91. The monoisotopic (exact) mass is 308 g/mol. The van der Waals surface area contributed by atoms with Crippen molar-refractivity contribution in [2.24, 2.45) is 5.92 Å². The topological polar surface area (TPSA) is 49.9 Å². The first kappa shape index (κ1) is 14.5. The fraction of sp³-hybridized carbons (Fsp3) is 0.600. The maximum atomic E-state index is 12.4. The van der Waals surface area contributed by atoms with Crippen LogP contribution in [-0.2, 0) is 4.74 Å². The third-order valence-corrected chi connectivity index (χ3v) is 5.07. The number of nitrogens with zero attached hydrogens (tertiary/aromatic N) is 2. The van der Waals surface area contributed by atoms with Gasteiger partial charge in [-0.25, -0.2) is 4.79 Å². The molecule has 0 bridgehead atoms. The number of piperidine rings is 1. The Balaban J connectivity index is 1.52. The van der Waals surface area contributed by atoms with Gasteiger partial charge in [0.15, 0.2) is 5.78 Å². The average Bonchev–Trinajstić information content (AvgIpc) is 3.09. The van der Waals surface area contributed by atoms with Crippen LogP contribution in [0.15, 0.2) is 17.5 Å². The summed E-state index contributed by atoms with van der Waals surface area (Å²) in [6, 6.07) is 3.90. The first-order chi connectivity index (χ1) is 10.3. The van der Waals surface area contributed by atoms with E-state index in [1.807, 2.05) is 27.3 Å². The summed E-state index contributed by atoms with van der Waals surface area (Å²) in [5.41, 5.74) is 0. The van der Waals surface area contributed by atoms with Crippen molar-refractivity contribution in [2.45, 2.75) is 12.8 Å². The second kappa shape index (κ2) is 6.58. The molecule has 0 spiro atoms. The lowest BCUT2D eigenvalue weighted by Crippen LogP contribution is -2.50. The molecule has 1 aromatic rings. The van der Waals surface area contributed by atoms with Crippen molar-refractivity contribution in [2.75, 3.05) is 39.4 Å². The highest BCUT2D eigenvalue weighted by Crippen LogP contribution is 2.24. The van der Waals surface area contributed by atoms with Crippen LogP contribution >= 0.6 is 11.3 Å². The number of ketones is 1. The summed E-state index contributed by atoms with van der Waals surface area (Å²) in [5.74, 6) is 0.306. The summed E-state index contributed by atoms with van der Waals surface area (Å²) in [7, 11) is 0. The van der Waals surface area contributed by atoms with Gasteiger partial charge in [0.2, 0.25) is 0 Å². The predicted molar refractivity (Wildman–Crippen MR) is 80.7 cm³/mol. The van der Waals surface area contributed by atoms with E-state index in [-0.39, 0.29) is 17.7 Å². The number of rotatable bonds is 2. The molecule has 2 amide bonds. The summed E-state index contributed by atoms with van der Waals surface area (Å²) in [6.45, 7) is 3.95. The molecule has 2 aliphatic rings. The van der Waals surface area contributed by atoms with Crippen molar-refractivity contribution in [1.29, 1.82) is 0 Å². The van der Waals surface area contributed by atoms with Crippen LogP contribution in [0.2, 0.25) is 0 Å². The van der Waals surface area contributed by atoms with E-state index in [0.29, 0.717) is 39.4 Å². The molecule has 2 saturated heterocycles. The van der Waals surface area contributed by atoms with Gasteiger partial charge in [-0.15, -0.1) is 11.3 Å². The Labute approximate surface area is 128 Å². The quantitative estimate of drug-likeness (QED) is 0.786. The largest absolute Gasteiger partial charge is 0.378 e. The molecule has 0 atom stereocenters. The van der Waals surface area contributed by atoms with Crippen LogP contribution in [0.3, 0.4) is 0 Å². The van der Waals surface area contributed by atoms with Crippen molar-refractivity contribution in [1.82, 2.24) is 9.80 Å². The lowest BCUT2D eigenvalue weighted by Gasteiger charge is -2.36. The first-order valence-corrected chi connectivity index (χ1v) is 8.33. The Morgan fingerprint density at radius 3 is 2.38 bits per heavy atom. The molecule has 3 rings (SSSR count). The molecule has 0 aromatic carbocycles. The average molecular weight is 308 g/mol. The van der Waals surface area contributed by atoms with Crippen molar-refractivity contribution < 1.29 is 14.3 Å². The van der Waals surface area contributed by atoms with Crippen LogP contribution in [0, 0.1) is 5.92 Å². The highest BCUT2D eigenvalue weighted by molar-refractivity contribution is 7.12. The second-order valence-electron chi connectivity index (χ2n) is 5.48. The molecule has 0 N–H and O–H groups in total. The molecule has 5 nitrogen and oxygen atoms in total. The number of carbonyl (C=O) groups is 2. The van der Waals surface area contributed by atoms with Gasteiger partial charge in [0.1, 0.15) is 0 Å². The second-order valence-corrected chi connectivity index (χ2v) is 6.43. The normalized spacial score (nSPS) is 20.6. The fourth-order valence-corrected chi connectivity index (χ4v) is 3.65. The maximum absolute atomic E-state index is 12.4. The number of Topliss-reactive ketones (excluding diaryl/α,β-unsaturated/α-hetero) is 1. The molecule has 3 heterocycles. The van der Waals surface area contributed by atoms with Gasteiger partial charge in [-0.1, -0.05) is 6.07 Å². The Kier molecular flexibility index (Phi) is 4.55. The van der Waals surface area contributed by atoms with E-state index in [1.54, 1.807) is 0 Å². The van der Waals surface area contributed by atoms with Gasteiger partial charge in [0.25, 0.3) is 0 Å². The molecule has 1 aromatic heterocycles. The highest BCUT2D eigenvalue weighted by atomic mass is 32.1. The number of carbonyl (C=O) groups excluding carboxylic acids is 2. The van der Waals surface area contributed by atoms with E-state index in [1.165, 1.54) is 11.3 Å². The zero-order valence-corrected chi connectivity index (χ0v) is 12.8. The van der Waals surface area contributed by atoms with E-state index < -0.39 is 0 Å². The number of hydrogen-bond acceptors (Lipinski definition) is 4. The zero-order valence-electron chi connectivity index (χ0n) is 12.0. The van der Waals surface area contributed by atoms with E-state index >= 15 is 0 Å².